The van der Waals surface area contributed by atoms with Crippen molar-refractivity contribution in [3.8, 4) is 0 Å². The lowest BCUT2D eigenvalue weighted by Gasteiger charge is -2.12. The largest absolute Gasteiger partial charge is 0.417 e. The minimum absolute atomic E-state index is 0.149. The van der Waals surface area contributed by atoms with Gasteiger partial charge in [0.1, 0.15) is 0 Å². The van der Waals surface area contributed by atoms with Gasteiger partial charge in [-0.3, -0.25) is 9.78 Å². The van der Waals surface area contributed by atoms with Gasteiger partial charge in [0, 0.05) is 24.6 Å². The standard InChI is InChI=1S/C15H13ClF3N3O/c16-13-2-1-11(7-12(13)15(17,18)19)21-9-14(23)22-8-10-3-5-20-6-4-10/h1-7,21H,8-9H2,(H,22,23). The number of aromatic nitrogens is 1. The molecule has 122 valence electrons. The van der Waals surface area contributed by atoms with Crippen LogP contribution in [0.5, 0.6) is 0 Å². The summed E-state index contributed by atoms with van der Waals surface area (Å²) in [5, 5.41) is 4.90. The van der Waals surface area contributed by atoms with Crippen LogP contribution in [0.2, 0.25) is 5.02 Å². The van der Waals surface area contributed by atoms with E-state index in [0.717, 1.165) is 17.7 Å². The van der Waals surface area contributed by atoms with Crippen molar-refractivity contribution < 1.29 is 18.0 Å². The van der Waals surface area contributed by atoms with Crippen LogP contribution in [0, 0.1) is 0 Å². The number of rotatable bonds is 5. The Kier molecular flexibility index (Phi) is 5.44. The van der Waals surface area contributed by atoms with Crippen molar-refractivity contribution in [2.45, 2.75) is 12.7 Å². The minimum Gasteiger partial charge on any atom is -0.376 e. The van der Waals surface area contributed by atoms with E-state index in [1.54, 1.807) is 24.5 Å². The van der Waals surface area contributed by atoms with Crippen LogP contribution in [0.1, 0.15) is 11.1 Å². The maximum atomic E-state index is 12.7. The molecule has 23 heavy (non-hydrogen) atoms. The predicted molar refractivity (Wildman–Crippen MR) is 81.0 cm³/mol. The van der Waals surface area contributed by atoms with E-state index in [-0.39, 0.29) is 23.2 Å². The molecular weight excluding hydrogens is 331 g/mol. The molecule has 8 heteroatoms. The van der Waals surface area contributed by atoms with Crippen molar-refractivity contribution in [2.24, 2.45) is 0 Å². The Morgan fingerprint density at radius 2 is 1.87 bits per heavy atom. The van der Waals surface area contributed by atoms with E-state index in [9.17, 15) is 18.0 Å². The summed E-state index contributed by atoms with van der Waals surface area (Å²) in [7, 11) is 0. The number of alkyl halides is 3. The fraction of sp³-hybridized carbons (Fsp3) is 0.200. The first kappa shape index (κ1) is 17.1. The molecule has 2 aromatic rings. The van der Waals surface area contributed by atoms with E-state index in [1.165, 1.54) is 6.07 Å². The molecule has 0 atom stereocenters. The number of anilines is 1. The van der Waals surface area contributed by atoms with E-state index in [1.807, 2.05) is 0 Å². The lowest BCUT2D eigenvalue weighted by Crippen LogP contribution is -2.29. The van der Waals surface area contributed by atoms with Crippen molar-refractivity contribution in [3.63, 3.8) is 0 Å². The average molecular weight is 344 g/mol. The van der Waals surface area contributed by atoms with Crippen molar-refractivity contribution in [1.82, 2.24) is 10.3 Å². The molecule has 1 heterocycles. The Morgan fingerprint density at radius 1 is 1.17 bits per heavy atom. The summed E-state index contributed by atoms with van der Waals surface area (Å²) in [4.78, 5) is 15.6. The van der Waals surface area contributed by atoms with Gasteiger partial charge in [-0.2, -0.15) is 13.2 Å². The zero-order valence-electron chi connectivity index (χ0n) is 11.8. The van der Waals surface area contributed by atoms with E-state index in [4.69, 9.17) is 11.6 Å². The Bertz CT molecular complexity index is 677. The Labute approximate surface area is 135 Å². The van der Waals surface area contributed by atoms with Gasteiger partial charge in [0.2, 0.25) is 5.91 Å². The third-order valence-corrected chi connectivity index (χ3v) is 3.29. The van der Waals surface area contributed by atoms with Crippen LogP contribution in [0.4, 0.5) is 18.9 Å². The Morgan fingerprint density at radius 3 is 2.52 bits per heavy atom. The lowest BCUT2D eigenvalue weighted by molar-refractivity contribution is -0.137. The molecule has 0 unspecified atom stereocenters. The second kappa shape index (κ2) is 7.32. The quantitative estimate of drug-likeness (QED) is 0.874. The molecule has 1 amide bonds. The van der Waals surface area contributed by atoms with Crippen LogP contribution in [0.25, 0.3) is 0 Å². The highest BCUT2D eigenvalue weighted by Crippen LogP contribution is 2.36. The number of pyridine rings is 1. The summed E-state index contributed by atoms with van der Waals surface area (Å²) >= 11 is 5.53. The Hall–Kier alpha value is -2.28. The third kappa shape index (κ3) is 5.14. The van der Waals surface area contributed by atoms with Gasteiger partial charge in [-0.25, -0.2) is 0 Å². The van der Waals surface area contributed by atoms with Gasteiger partial charge in [0.05, 0.1) is 17.1 Å². The number of benzene rings is 1. The summed E-state index contributed by atoms with van der Waals surface area (Å²) in [5.41, 5.74) is 0.0985. The molecule has 0 radical (unpaired) electrons. The van der Waals surface area contributed by atoms with E-state index >= 15 is 0 Å². The summed E-state index contributed by atoms with van der Waals surface area (Å²) in [6, 6.07) is 6.90. The van der Waals surface area contributed by atoms with Crippen molar-refractivity contribution in [2.75, 3.05) is 11.9 Å². The highest BCUT2D eigenvalue weighted by Gasteiger charge is 2.33. The molecule has 0 bridgehead atoms. The van der Waals surface area contributed by atoms with Gasteiger partial charge < -0.3 is 10.6 Å². The highest BCUT2D eigenvalue weighted by molar-refractivity contribution is 6.31. The molecule has 0 fully saturated rings. The van der Waals surface area contributed by atoms with Gasteiger partial charge >= 0.3 is 6.18 Å². The fourth-order valence-electron chi connectivity index (χ4n) is 1.80. The summed E-state index contributed by atoms with van der Waals surface area (Å²) < 4.78 is 38.2. The number of nitrogens with zero attached hydrogens (tertiary/aromatic N) is 1. The number of nitrogens with one attached hydrogen (secondary N) is 2. The maximum absolute atomic E-state index is 12.7. The van der Waals surface area contributed by atoms with Crippen LogP contribution in [0.3, 0.4) is 0 Å². The summed E-state index contributed by atoms with van der Waals surface area (Å²) in [5.74, 6) is -0.342. The maximum Gasteiger partial charge on any atom is 0.417 e. The molecule has 2 rings (SSSR count). The van der Waals surface area contributed by atoms with Gasteiger partial charge in [0.25, 0.3) is 0 Å². The minimum atomic E-state index is -4.54. The van der Waals surface area contributed by atoms with Crippen LogP contribution in [-0.2, 0) is 17.5 Å². The number of hydrogen-bond donors (Lipinski definition) is 2. The Balaban J connectivity index is 1.89. The molecule has 0 aliphatic rings. The van der Waals surface area contributed by atoms with Crippen LogP contribution in [0.15, 0.2) is 42.7 Å². The number of carbonyl (C=O) groups is 1. The smallest absolute Gasteiger partial charge is 0.376 e. The number of hydrogen-bond acceptors (Lipinski definition) is 3. The topological polar surface area (TPSA) is 54.0 Å². The molecule has 1 aromatic carbocycles. The first-order valence-corrected chi connectivity index (χ1v) is 7.00. The van der Waals surface area contributed by atoms with Crippen LogP contribution >= 0.6 is 11.6 Å². The van der Waals surface area contributed by atoms with Crippen molar-refractivity contribution in [1.29, 1.82) is 0 Å². The molecule has 0 aliphatic heterocycles. The monoisotopic (exact) mass is 343 g/mol. The van der Waals surface area contributed by atoms with Crippen LogP contribution < -0.4 is 10.6 Å². The van der Waals surface area contributed by atoms with Crippen LogP contribution in [-0.4, -0.2) is 17.4 Å². The van der Waals surface area contributed by atoms with E-state index in [2.05, 4.69) is 15.6 Å². The first-order valence-electron chi connectivity index (χ1n) is 6.62. The molecule has 1 aromatic heterocycles. The number of carbonyl (C=O) groups excluding carboxylic acids is 1. The summed E-state index contributed by atoms with van der Waals surface area (Å²) in [6.45, 7) is 0.168. The number of halogens is 4. The molecule has 0 saturated carbocycles. The second-order valence-corrected chi connectivity index (χ2v) is 5.09. The SMILES string of the molecule is O=C(CNc1ccc(Cl)c(C(F)(F)F)c1)NCc1ccncc1. The van der Waals surface area contributed by atoms with Gasteiger partial charge in [-0.15, -0.1) is 0 Å². The molecule has 0 saturated heterocycles. The lowest BCUT2D eigenvalue weighted by atomic mass is 10.2. The van der Waals surface area contributed by atoms with Gasteiger partial charge in [-0.1, -0.05) is 11.6 Å². The average Bonchev–Trinajstić information content (AvgIpc) is 2.52. The molecular formula is C15H13ClF3N3O. The molecule has 0 aliphatic carbocycles. The van der Waals surface area contributed by atoms with E-state index in [0.29, 0.717) is 6.54 Å². The summed E-state index contributed by atoms with van der Waals surface area (Å²) in [6.07, 6.45) is -1.34. The zero-order chi connectivity index (χ0) is 16.9. The molecule has 0 spiro atoms. The first-order chi connectivity index (χ1) is 10.9. The zero-order valence-corrected chi connectivity index (χ0v) is 12.6. The predicted octanol–water partition coefficient (Wildman–Crippen LogP) is 3.48. The van der Waals surface area contributed by atoms with Gasteiger partial charge in [0.15, 0.2) is 0 Å². The third-order valence-electron chi connectivity index (χ3n) is 2.96. The molecule has 4 nitrogen and oxygen atoms in total. The van der Waals surface area contributed by atoms with Crippen molar-refractivity contribution >= 4 is 23.2 Å². The van der Waals surface area contributed by atoms with Crippen molar-refractivity contribution in [3.05, 3.63) is 58.9 Å². The second-order valence-electron chi connectivity index (χ2n) is 4.68. The fourth-order valence-corrected chi connectivity index (χ4v) is 2.02. The van der Waals surface area contributed by atoms with E-state index < -0.39 is 11.7 Å². The number of amides is 1. The normalized spacial score (nSPS) is 11.1. The highest BCUT2D eigenvalue weighted by atomic mass is 35.5. The molecule has 2 N–H and O–H groups in total. The van der Waals surface area contributed by atoms with Gasteiger partial charge in [-0.05, 0) is 35.9 Å².